The number of aromatic nitrogens is 2. The van der Waals surface area contributed by atoms with Crippen molar-refractivity contribution < 1.29 is 0 Å². The summed E-state index contributed by atoms with van der Waals surface area (Å²) in [6, 6.07) is 0.465. The minimum absolute atomic E-state index is 0.465. The number of H-pyrrole nitrogens is 1. The topological polar surface area (TPSA) is 40.7 Å². The molecule has 1 fully saturated rings. The molecule has 1 saturated heterocycles. The van der Waals surface area contributed by atoms with Crippen LogP contribution in [-0.4, -0.2) is 16.5 Å². The van der Waals surface area contributed by atoms with Crippen molar-refractivity contribution in [1.29, 1.82) is 0 Å². The highest BCUT2D eigenvalue weighted by molar-refractivity contribution is 14.1. The van der Waals surface area contributed by atoms with Gasteiger partial charge in [-0.05, 0) is 48.9 Å². The summed E-state index contributed by atoms with van der Waals surface area (Å²) in [5, 5.41) is 3.42. The lowest BCUT2D eigenvalue weighted by molar-refractivity contribution is 0.611. The third-order valence-corrected chi connectivity index (χ3v) is 3.28. The summed E-state index contributed by atoms with van der Waals surface area (Å²) in [5.41, 5.74) is 1.18. The lowest BCUT2D eigenvalue weighted by Crippen LogP contribution is -2.14. The molecule has 2 rings (SSSR count). The van der Waals surface area contributed by atoms with E-state index in [1.165, 1.54) is 18.5 Å². The Kier molecular flexibility index (Phi) is 2.36. The first-order valence-corrected chi connectivity index (χ1v) is 5.30. The normalized spacial score (nSPS) is 23.3. The van der Waals surface area contributed by atoms with E-state index in [1.54, 1.807) is 0 Å². The zero-order valence-corrected chi connectivity index (χ0v) is 9.18. The molecule has 12 heavy (non-hydrogen) atoms. The zero-order valence-electron chi connectivity index (χ0n) is 7.02. The molecule has 0 radical (unpaired) electrons. The van der Waals surface area contributed by atoms with Gasteiger partial charge in [0.15, 0.2) is 0 Å². The molecule has 1 aromatic heterocycles. The van der Waals surface area contributed by atoms with Crippen molar-refractivity contribution in [2.45, 2.75) is 25.8 Å². The molecule has 1 aromatic rings. The summed E-state index contributed by atoms with van der Waals surface area (Å²) in [5.74, 6) is 1.11. The molecule has 0 spiro atoms. The van der Waals surface area contributed by atoms with Crippen molar-refractivity contribution in [1.82, 2.24) is 15.3 Å². The van der Waals surface area contributed by atoms with Crippen molar-refractivity contribution in [3.8, 4) is 0 Å². The summed E-state index contributed by atoms with van der Waals surface area (Å²) in [6.45, 7) is 3.19. The number of aryl methyl sites for hydroxylation is 1. The molecule has 1 aliphatic rings. The van der Waals surface area contributed by atoms with Crippen LogP contribution in [0, 0.1) is 10.6 Å². The van der Waals surface area contributed by atoms with Gasteiger partial charge in [0.05, 0.1) is 6.04 Å². The van der Waals surface area contributed by atoms with Crippen LogP contribution in [0.3, 0.4) is 0 Å². The van der Waals surface area contributed by atoms with Gasteiger partial charge in [0.2, 0.25) is 0 Å². The minimum Gasteiger partial charge on any atom is -0.344 e. The Morgan fingerprint density at radius 2 is 2.42 bits per heavy atom. The van der Waals surface area contributed by atoms with Crippen molar-refractivity contribution in [2.24, 2.45) is 0 Å². The fourth-order valence-electron chi connectivity index (χ4n) is 1.54. The van der Waals surface area contributed by atoms with Gasteiger partial charge >= 0.3 is 0 Å². The Balaban J connectivity index is 2.21. The van der Waals surface area contributed by atoms with E-state index < -0.39 is 0 Å². The fourth-order valence-corrected chi connectivity index (χ4v) is 1.94. The van der Waals surface area contributed by atoms with E-state index in [0.717, 1.165) is 16.1 Å². The first-order chi connectivity index (χ1) is 5.77. The van der Waals surface area contributed by atoms with E-state index in [4.69, 9.17) is 0 Å². The van der Waals surface area contributed by atoms with Gasteiger partial charge < -0.3 is 10.3 Å². The molecule has 1 aliphatic heterocycles. The fraction of sp³-hybridized carbons (Fsp3) is 0.625. The number of imidazole rings is 1. The number of hydrogen-bond acceptors (Lipinski definition) is 2. The van der Waals surface area contributed by atoms with E-state index >= 15 is 0 Å². The Morgan fingerprint density at radius 1 is 1.58 bits per heavy atom. The average Bonchev–Trinajstić information content (AvgIpc) is 2.61. The third kappa shape index (κ3) is 1.50. The molecule has 0 aromatic carbocycles. The molecule has 2 heterocycles. The second-order valence-corrected chi connectivity index (χ2v) is 4.21. The van der Waals surface area contributed by atoms with E-state index in [2.05, 4.69) is 44.8 Å². The van der Waals surface area contributed by atoms with Crippen LogP contribution in [0.15, 0.2) is 0 Å². The molecule has 1 atom stereocenters. The van der Waals surface area contributed by atoms with Crippen LogP contribution in [-0.2, 0) is 0 Å². The molecule has 0 saturated carbocycles. The summed E-state index contributed by atoms with van der Waals surface area (Å²) < 4.78 is 1.09. The molecule has 1 unspecified atom stereocenters. The van der Waals surface area contributed by atoms with E-state index in [9.17, 15) is 0 Å². The van der Waals surface area contributed by atoms with Crippen LogP contribution < -0.4 is 5.32 Å². The standard InChI is InChI=1S/C8H12IN3/c1-5-7(9)12-8(11-5)6-3-2-4-10-6/h6,10H,2-4H2,1H3,(H,11,12). The lowest BCUT2D eigenvalue weighted by Gasteiger charge is -2.04. The summed E-state index contributed by atoms with van der Waals surface area (Å²) in [4.78, 5) is 7.77. The van der Waals surface area contributed by atoms with Gasteiger partial charge in [0, 0.05) is 5.69 Å². The van der Waals surface area contributed by atoms with Crippen LogP contribution in [0.25, 0.3) is 0 Å². The Hall–Kier alpha value is -0.100. The molecular formula is C8H12IN3. The first kappa shape index (κ1) is 8.50. The van der Waals surface area contributed by atoms with Crippen molar-refractivity contribution in [2.75, 3.05) is 6.54 Å². The molecule has 66 valence electrons. The summed E-state index contributed by atoms with van der Waals surface area (Å²) in [7, 11) is 0. The lowest BCUT2D eigenvalue weighted by atomic mass is 10.2. The maximum absolute atomic E-state index is 4.46. The SMILES string of the molecule is Cc1[nH]c(C2CCCN2)nc1I. The number of nitrogens with zero attached hydrogens (tertiary/aromatic N) is 1. The van der Waals surface area contributed by atoms with E-state index in [0.29, 0.717) is 6.04 Å². The number of aromatic amines is 1. The van der Waals surface area contributed by atoms with Crippen LogP contribution in [0.2, 0.25) is 0 Å². The van der Waals surface area contributed by atoms with Crippen molar-refractivity contribution in [3.63, 3.8) is 0 Å². The van der Waals surface area contributed by atoms with E-state index in [1.807, 2.05) is 0 Å². The minimum atomic E-state index is 0.465. The van der Waals surface area contributed by atoms with Gasteiger partial charge in [-0.15, -0.1) is 0 Å². The number of nitrogens with one attached hydrogen (secondary N) is 2. The third-order valence-electron chi connectivity index (χ3n) is 2.23. The highest BCUT2D eigenvalue weighted by atomic mass is 127. The molecular weight excluding hydrogens is 265 g/mol. The second kappa shape index (κ2) is 3.33. The quantitative estimate of drug-likeness (QED) is 0.768. The molecule has 2 N–H and O–H groups in total. The summed E-state index contributed by atoms with van der Waals surface area (Å²) >= 11 is 2.26. The monoisotopic (exact) mass is 277 g/mol. The van der Waals surface area contributed by atoms with Crippen LogP contribution in [0.4, 0.5) is 0 Å². The smallest absolute Gasteiger partial charge is 0.124 e. The Morgan fingerprint density at radius 3 is 2.92 bits per heavy atom. The van der Waals surface area contributed by atoms with Crippen LogP contribution in [0.5, 0.6) is 0 Å². The van der Waals surface area contributed by atoms with Gasteiger partial charge in [0.1, 0.15) is 9.53 Å². The zero-order chi connectivity index (χ0) is 8.55. The number of hydrogen-bond donors (Lipinski definition) is 2. The maximum atomic E-state index is 4.46. The number of halogens is 1. The first-order valence-electron chi connectivity index (χ1n) is 4.23. The Labute approximate surface area is 85.5 Å². The molecule has 4 heteroatoms. The predicted octanol–water partition coefficient (Wildman–Crippen LogP) is 1.75. The number of rotatable bonds is 1. The van der Waals surface area contributed by atoms with Crippen LogP contribution in [0.1, 0.15) is 30.4 Å². The molecule has 0 aliphatic carbocycles. The van der Waals surface area contributed by atoms with Crippen molar-refractivity contribution in [3.05, 3.63) is 15.2 Å². The highest BCUT2D eigenvalue weighted by Crippen LogP contribution is 2.21. The second-order valence-electron chi connectivity index (χ2n) is 3.19. The largest absolute Gasteiger partial charge is 0.344 e. The van der Waals surface area contributed by atoms with Gasteiger partial charge in [-0.1, -0.05) is 0 Å². The van der Waals surface area contributed by atoms with Gasteiger partial charge in [0.25, 0.3) is 0 Å². The van der Waals surface area contributed by atoms with Gasteiger partial charge in [-0.25, -0.2) is 4.98 Å². The predicted molar refractivity (Wildman–Crippen MR) is 56.0 cm³/mol. The Bertz CT molecular complexity index is 256. The van der Waals surface area contributed by atoms with Gasteiger partial charge in [-0.3, -0.25) is 0 Å². The molecule has 0 amide bonds. The average molecular weight is 277 g/mol. The van der Waals surface area contributed by atoms with Gasteiger partial charge in [-0.2, -0.15) is 0 Å². The van der Waals surface area contributed by atoms with Crippen molar-refractivity contribution >= 4 is 22.6 Å². The van der Waals surface area contributed by atoms with E-state index in [-0.39, 0.29) is 0 Å². The van der Waals surface area contributed by atoms with Crippen LogP contribution >= 0.6 is 22.6 Å². The molecule has 3 nitrogen and oxygen atoms in total. The molecule has 0 bridgehead atoms. The maximum Gasteiger partial charge on any atom is 0.124 e. The summed E-state index contributed by atoms with van der Waals surface area (Å²) in [6.07, 6.45) is 2.48. The highest BCUT2D eigenvalue weighted by Gasteiger charge is 2.19.